The molecule has 0 aliphatic heterocycles. The summed E-state index contributed by atoms with van der Waals surface area (Å²) in [4.78, 5) is 7.26. The van der Waals surface area contributed by atoms with Crippen molar-refractivity contribution in [3.8, 4) is 33.7 Å². The molecule has 54 heavy (non-hydrogen) atoms. The van der Waals surface area contributed by atoms with Crippen LogP contribution in [0.3, 0.4) is 0 Å². The largest absolute Gasteiger partial charge is 0.435 e. The zero-order valence-electron chi connectivity index (χ0n) is 31.4. The molecule has 1 heterocycles. The Labute approximate surface area is 317 Å². The van der Waals surface area contributed by atoms with E-state index in [1.54, 1.807) is 0 Å². The number of rotatable bonds is 6. The Hall–Kier alpha value is -6.45. The third kappa shape index (κ3) is 6.22. The summed E-state index contributed by atoms with van der Waals surface area (Å²) in [5.41, 5.74) is 14.7. The highest BCUT2D eigenvalue weighted by Gasteiger charge is 2.18. The van der Waals surface area contributed by atoms with Gasteiger partial charge in [-0.25, -0.2) is 4.98 Å². The van der Waals surface area contributed by atoms with Crippen LogP contribution in [0.2, 0.25) is 0 Å². The van der Waals surface area contributed by atoms with Gasteiger partial charge in [-0.2, -0.15) is 0 Å². The molecule has 0 amide bonds. The van der Waals surface area contributed by atoms with Crippen molar-refractivity contribution in [2.75, 3.05) is 4.90 Å². The number of fused-ring (bicyclic) bond motifs is 5. The van der Waals surface area contributed by atoms with Crippen LogP contribution in [0.1, 0.15) is 37.5 Å². The first kappa shape index (κ1) is 33.4. The summed E-state index contributed by atoms with van der Waals surface area (Å²) in [6.07, 6.45) is 0. The summed E-state index contributed by atoms with van der Waals surface area (Å²) in [6, 6.07) is 59.1. The van der Waals surface area contributed by atoms with E-state index in [1.807, 2.05) is 30.3 Å². The van der Waals surface area contributed by atoms with Crippen molar-refractivity contribution >= 4 is 49.7 Å². The molecule has 0 bridgehead atoms. The van der Waals surface area contributed by atoms with Gasteiger partial charge in [-0.3, -0.25) is 0 Å². The van der Waals surface area contributed by atoms with Gasteiger partial charge in [0.2, 0.25) is 5.89 Å². The van der Waals surface area contributed by atoms with Crippen LogP contribution in [0, 0.1) is 13.8 Å². The molecule has 0 atom stereocenters. The summed E-state index contributed by atoms with van der Waals surface area (Å²) in [5, 5.41) is 4.46. The number of oxazole rings is 1. The van der Waals surface area contributed by atoms with Crippen molar-refractivity contribution in [3.05, 3.63) is 180 Å². The molecular formula is C51H42N2O. The number of nitrogens with zero attached hydrogens (tertiary/aromatic N) is 2. The third-order valence-corrected chi connectivity index (χ3v) is 10.5. The van der Waals surface area contributed by atoms with Crippen molar-refractivity contribution < 1.29 is 4.42 Å². The molecular weight excluding hydrogens is 657 g/mol. The normalized spacial score (nSPS) is 11.8. The zero-order valence-corrected chi connectivity index (χ0v) is 31.4. The minimum Gasteiger partial charge on any atom is -0.435 e. The second-order valence-corrected chi connectivity index (χ2v) is 15.5. The van der Waals surface area contributed by atoms with Gasteiger partial charge in [0.1, 0.15) is 5.52 Å². The fraction of sp³-hybridized carbons (Fsp3) is 0.118. The Morgan fingerprint density at radius 3 is 1.65 bits per heavy atom. The number of hydrogen-bond donors (Lipinski definition) is 0. The molecule has 0 unspecified atom stereocenters. The van der Waals surface area contributed by atoms with E-state index in [0.717, 1.165) is 55.3 Å². The van der Waals surface area contributed by atoms with Crippen LogP contribution in [-0.2, 0) is 5.41 Å². The Bertz CT molecular complexity index is 2770. The third-order valence-electron chi connectivity index (χ3n) is 10.5. The van der Waals surface area contributed by atoms with E-state index in [4.69, 9.17) is 9.40 Å². The van der Waals surface area contributed by atoms with Crippen LogP contribution in [0.15, 0.2) is 168 Å². The van der Waals surface area contributed by atoms with E-state index >= 15 is 0 Å². The molecule has 0 fully saturated rings. The molecule has 0 saturated heterocycles. The number of aromatic nitrogens is 1. The van der Waals surface area contributed by atoms with E-state index in [0.29, 0.717) is 5.89 Å². The van der Waals surface area contributed by atoms with Gasteiger partial charge >= 0.3 is 0 Å². The Morgan fingerprint density at radius 2 is 1.02 bits per heavy atom. The fourth-order valence-corrected chi connectivity index (χ4v) is 7.71. The van der Waals surface area contributed by atoms with E-state index < -0.39 is 0 Å². The fourth-order valence-electron chi connectivity index (χ4n) is 7.71. The maximum absolute atomic E-state index is 6.57. The molecule has 0 N–H and O–H groups in total. The quantitative estimate of drug-likeness (QED) is 0.162. The molecule has 3 nitrogen and oxygen atoms in total. The summed E-state index contributed by atoms with van der Waals surface area (Å²) >= 11 is 0. The lowest BCUT2D eigenvalue weighted by atomic mass is 9.86. The predicted octanol–water partition coefficient (Wildman–Crippen LogP) is 14.5. The molecule has 8 aromatic carbocycles. The minimum atomic E-state index is 0.116. The first-order valence-electron chi connectivity index (χ1n) is 18.7. The second kappa shape index (κ2) is 13.2. The lowest BCUT2D eigenvalue weighted by molar-refractivity contribution is 0.590. The lowest BCUT2D eigenvalue weighted by Crippen LogP contribution is -2.10. The molecule has 3 heteroatoms. The molecule has 0 radical (unpaired) electrons. The van der Waals surface area contributed by atoms with E-state index in [2.05, 4.69) is 173 Å². The van der Waals surface area contributed by atoms with Crippen LogP contribution >= 0.6 is 0 Å². The molecule has 0 spiro atoms. The lowest BCUT2D eigenvalue weighted by Gasteiger charge is -2.26. The van der Waals surface area contributed by atoms with Gasteiger partial charge in [0.25, 0.3) is 0 Å². The van der Waals surface area contributed by atoms with Crippen LogP contribution in [-0.4, -0.2) is 4.98 Å². The average molecular weight is 699 g/mol. The van der Waals surface area contributed by atoms with Gasteiger partial charge in [0.05, 0.1) is 0 Å². The van der Waals surface area contributed by atoms with Gasteiger partial charge in [0.15, 0.2) is 5.58 Å². The highest BCUT2D eigenvalue weighted by atomic mass is 16.3. The number of benzene rings is 8. The van der Waals surface area contributed by atoms with Gasteiger partial charge < -0.3 is 9.32 Å². The van der Waals surface area contributed by atoms with Crippen molar-refractivity contribution in [3.63, 3.8) is 0 Å². The predicted molar refractivity (Wildman–Crippen MR) is 228 cm³/mol. The molecule has 0 aliphatic carbocycles. The zero-order chi connectivity index (χ0) is 37.0. The van der Waals surface area contributed by atoms with Crippen molar-refractivity contribution in [2.45, 2.75) is 40.0 Å². The molecule has 1 aromatic heterocycles. The van der Waals surface area contributed by atoms with Gasteiger partial charge in [-0.1, -0.05) is 141 Å². The highest BCUT2D eigenvalue weighted by Crippen LogP contribution is 2.41. The summed E-state index contributed by atoms with van der Waals surface area (Å²) in [7, 11) is 0. The molecule has 262 valence electrons. The average Bonchev–Trinajstić information content (AvgIpc) is 3.63. The van der Waals surface area contributed by atoms with Crippen molar-refractivity contribution in [1.82, 2.24) is 4.98 Å². The number of hydrogen-bond acceptors (Lipinski definition) is 3. The van der Waals surface area contributed by atoms with Crippen LogP contribution in [0.4, 0.5) is 17.1 Å². The maximum atomic E-state index is 6.57. The monoisotopic (exact) mass is 698 g/mol. The Balaban J connectivity index is 1.18. The SMILES string of the molecule is Cc1cc(C)cc(-c2ccc(N(c3ccc(-c4ccc(C(C)(C)C)cc4)cc3)c3ccc4ccc5ccc6nc(-c7ccccc7)oc6c5c4c3)cc2)c1. The first-order chi connectivity index (χ1) is 26.2. The molecule has 9 rings (SSSR count). The van der Waals surface area contributed by atoms with Crippen molar-refractivity contribution in [1.29, 1.82) is 0 Å². The van der Waals surface area contributed by atoms with E-state index in [-0.39, 0.29) is 5.41 Å². The van der Waals surface area contributed by atoms with Crippen LogP contribution < -0.4 is 4.90 Å². The minimum absolute atomic E-state index is 0.116. The number of aryl methyl sites for hydroxylation is 2. The topological polar surface area (TPSA) is 29.3 Å². The molecule has 9 aromatic rings. The highest BCUT2D eigenvalue weighted by molar-refractivity contribution is 6.18. The van der Waals surface area contributed by atoms with Crippen LogP contribution in [0.5, 0.6) is 0 Å². The molecule has 0 aliphatic rings. The van der Waals surface area contributed by atoms with Gasteiger partial charge in [0, 0.05) is 28.0 Å². The Morgan fingerprint density at radius 1 is 0.481 bits per heavy atom. The number of anilines is 3. The van der Waals surface area contributed by atoms with Gasteiger partial charge in [-0.05, 0) is 118 Å². The summed E-state index contributed by atoms with van der Waals surface area (Å²) in [6.45, 7) is 11.1. The molecule has 0 saturated carbocycles. The Kier molecular flexibility index (Phi) is 8.16. The summed E-state index contributed by atoms with van der Waals surface area (Å²) in [5.74, 6) is 0.630. The standard InChI is InChI=1S/C51H42N2O/c1-33-29-34(2)31-41(30-33)37-17-25-44(26-18-37)53(43-23-15-36(16-24-43)35-13-21-42(22-14-35)51(3,4)5)45-27-19-38-11-12-39-20-28-47-49(48(39)46(38)32-45)54-50(52-47)40-9-7-6-8-10-40/h6-32H,1-5H3. The van der Waals surface area contributed by atoms with Gasteiger partial charge in [-0.15, -0.1) is 0 Å². The second-order valence-electron chi connectivity index (χ2n) is 15.5. The van der Waals surface area contributed by atoms with E-state index in [1.165, 1.54) is 38.9 Å². The van der Waals surface area contributed by atoms with Crippen LogP contribution in [0.25, 0.3) is 66.4 Å². The summed E-state index contributed by atoms with van der Waals surface area (Å²) < 4.78 is 6.57. The van der Waals surface area contributed by atoms with E-state index in [9.17, 15) is 0 Å². The van der Waals surface area contributed by atoms with Crippen molar-refractivity contribution in [2.24, 2.45) is 0 Å². The smallest absolute Gasteiger partial charge is 0.227 e. The first-order valence-corrected chi connectivity index (χ1v) is 18.7. The maximum Gasteiger partial charge on any atom is 0.227 e.